The molecule has 5 heteroatoms. The van der Waals surface area contributed by atoms with Gasteiger partial charge in [0.15, 0.2) is 6.10 Å². The molecule has 0 N–H and O–H groups in total. The second-order valence-corrected chi connectivity index (χ2v) is 3.97. The van der Waals surface area contributed by atoms with Gasteiger partial charge in [-0.2, -0.15) is 0 Å². The van der Waals surface area contributed by atoms with Crippen LogP contribution < -0.4 is 0 Å². The Morgan fingerprint density at radius 1 is 1.44 bits per heavy atom. The lowest BCUT2D eigenvalue weighted by molar-refractivity contribution is -0.145. The van der Waals surface area contributed by atoms with Crippen LogP contribution in [-0.2, 0) is 23.7 Å². The fourth-order valence-electron chi connectivity index (χ4n) is 2.20. The molecule has 0 aromatic rings. The van der Waals surface area contributed by atoms with E-state index in [1.54, 1.807) is 6.92 Å². The number of esters is 1. The second-order valence-electron chi connectivity index (χ2n) is 3.97. The smallest absolute Gasteiger partial charge is 0.338 e. The lowest BCUT2D eigenvalue weighted by Crippen LogP contribution is -2.45. The minimum atomic E-state index is -0.486. The van der Waals surface area contributed by atoms with E-state index in [-0.39, 0.29) is 12.1 Å². The predicted molar refractivity (Wildman–Crippen MR) is 55.1 cm³/mol. The van der Waals surface area contributed by atoms with Gasteiger partial charge in [0.25, 0.3) is 0 Å². The third-order valence-corrected chi connectivity index (χ3v) is 3.04. The molecule has 2 rings (SSSR count). The summed E-state index contributed by atoms with van der Waals surface area (Å²) in [6.07, 6.45) is 0.0785. The third-order valence-electron chi connectivity index (χ3n) is 3.04. The first-order valence-corrected chi connectivity index (χ1v) is 5.78. The minimum absolute atomic E-state index is 0.152. The molecule has 5 nitrogen and oxygen atoms in total. The van der Waals surface area contributed by atoms with Crippen LogP contribution >= 0.6 is 0 Å². The Balaban J connectivity index is 1.98. The molecule has 0 saturated carbocycles. The average molecular weight is 230 g/mol. The first-order valence-electron chi connectivity index (χ1n) is 5.78. The molecule has 1 spiro atoms. The van der Waals surface area contributed by atoms with Crippen molar-refractivity contribution in [2.75, 3.05) is 26.4 Å². The predicted octanol–water partition coefficient (Wildman–Crippen LogP) is 0.512. The number of hydrogen-bond donors (Lipinski definition) is 0. The SMILES string of the molecule is CCOC(=O)C1OC12CCOCC2OCC. The molecule has 2 aliphatic rings. The second kappa shape index (κ2) is 4.69. The molecule has 2 fully saturated rings. The van der Waals surface area contributed by atoms with E-state index in [9.17, 15) is 4.79 Å². The van der Waals surface area contributed by atoms with Crippen LogP contribution in [0.25, 0.3) is 0 Å². The maximum Gasteiger partial charge on any atom is 0.338 e. The molecule has 92 valence electrons. The van der Waals surface area contributed by atoms with Crippen LogP contribution in [-0.4, -0.2) is 50.2 Å². The highest BCUT2D eigenvalue weighted by molar-refractivity contribution is 5.79. The van der Waals surface area contributed by atoms with E-state index in [1.165, 1.54) is 0 Å². The van der Waals surface area contributed by atoms with E-state index in [2.05, 4.69) is 0 Å². The molecule has 3 atom stereocenters. The van der Waals surface area contributed by atoms with E-state index in [4.69, 9.17) is 18.9 Å². The monoisotopic (exact) mass is 230 g/mol. The van der Waals surface area contributed by atoms with Crippen molar-refractivity contribution in [1.29, 1.82) is 0 Å². The zero-order valence-electron chi connectivity index (χ0n) is 9.73. The molecular formula is C11H18O5. The van der Waals surface area contributed by atoms with Gasteiger partial charge in [-0.3, -0.25) is 0 Å². The standard InChI is InChI=1S/C11H18O5/c1-3-14-8-7-13-6-5-11(8)9(16-11)10(12)15-4-2/h8-9H,3-7H2,1-2H3. The summed E-state index contributed by atoms with van der Waals surface area (Å²) in [5.74, 6) is -0.283. The normalized spacial score (nSPS) is 37.4. The highest BCUT2D eigenvalue weighted by Gasteiger charge is 2.67. The third kappa shape index (κ3) is 1.95. The lowest BCUT2D eigenvalue weighted by atomic mass is 9.93. The number of carbonyl (C=O) groups excluding carboxylic acids is 1. The van der Waals surface area contributed by atoms with Crippen molar-refractivity contribution in [3.8, 4) is 0 Å². The Hall–Kier alpha value is -0.650. The summed E-state index contributed by atoms with van der Waals surface area (Å²) >= 11 is 0. The number of carbonyl (C=O) groups is 1. The summed E-state index contributed by atoms with van der Waals surface area (Å²) in [4.78, 5) is 11.6. The Labute approximate surface area is 95.0 Å². The largest absolute Gasteiger partial charge is 0.464 e. The molecule has 2 saturated heterocycles. The number of hydrogen-bond acceptors (Lipinski definition) is 5. The summed E-state index contributed by atoms with van der Waals surface area (Å²) in [5.41, 5.74) is -0.486. The molecule has 0 radical (unpaired) electrons. The summed E-state index contributed by atoms with van der Waals surface area (Å²) in [6.45, 7) is 5.78. The summed E-state index contributed by atoms with van der Waals surface area (Å²) in [5, 5.41) is 0. The van der Waals surface area contributed by atoms with Gasteiger partial charge < -0.3 is 18.9 Å². The first kappa shape index (κ1) is 11.8. The molecular weight excluding hydrogens is 212 g/mol. The van der Waals surface area contributed by atoms with Crippen molar-refractivity contribution < 1.29 is 23.7 Å². The van der Waals surface area contributed by atoms with Crippen LogP contribution in [0.3, 0.4) is 0 Å². The molecule has 0 aromatic heterocycles. The number of ether oxygens (including phenoxy) is 4. The van der Waals surface area contributed by atoms with Gasteiger partial charge in [-0.15, -0.1) is 0 Å². The van der Waals surface area contributed by atoms with Crippen LogP contribution in [0.4, 0.5) is 0 Å². The van der Waals surface area contributed by atoms with Crippen molar-refractivity contribution in [2.45, 2.75) is 38.1 Å². The van der Waals surface area contributed by atoms with E-state index >= 15 is 0 Å². The topological polar surface area (TPSA) is 57.3 Å². The van der Waals surface area contributed by atoms with Crippen molar-refractivity contribution >= 4 is 5.97 Å². The summed E-state index contributed by atoms with van der Waals surface area (Å²) in [6, 6.07) is 0. The van der Waals surface area contributed by atoms with Gasteiger partial charge in [0.1, 0.15) is 11.7 Å². The maximum absolute atomic E-state index is 11.6. The number of rotatable bonds is 4. The van der Waals surface area contributed by atoms with Crippen LogP contribution in [0.5, 0.6) is 0 Å². The molecule has 2 heterocycles. The molecule has 0 bridgehead atoms. The quantitative estimate of drug-likeness (QED) is 0.520. The fourth-order valence-corrected chi connectivity index (χ4v) is 2.20. The average Bonchev–Trinajstić information content (AvgIpc) is 2.98. The van der Waals surface area contributed by atoms with Gasteiger partial charge in [-0.05, 0) is 13.8 Å². The van der Waals surface area contributed by atoms with E-state index in [0.717, 1.165) is 0 Å². The molecule has 0 aliphatic carbocycles. The Kier molecular flexibility index (Phi) is 3.47. The maximum atomic E-state index is 11.6. The highest BCUT2D eigenvalue weighted by atomic mass is 16.7. The Morgan fingerprint density at radius 3 is 2.94 bits per heavy atom. The van der Waals surface area contributed by atoms with Crippen molar-refractivity contribution in [3.05, 3.63) is 0 Å². The van der Waals surface area contributed by atoms with Crippen molar-refractivity contribution in [2.24, 2.45) is 0 Å². The van der Waals surface area contributed by atoms with Gasteiger partial charge >= 0.3 is 5.97 Å². The number of epoxide rings is 1. The molecule has 3 unspecified atom stereocenters. The van der Waals surface area contributed by atoms with Gasteiger partial charge in [-0.1, -0.05) is 0 Å². The minimum Gasteiger partial charge on any atom is -0.464 e. The van der Waals surface area contributed by atoms with E-state index < -0.39 is 11.7 Å². The van der Waals surface area contributed by atoms with Gasteiger partial charge in [0.2, 0.25) is 0 Å². The molecule has 0 aromatic carbocycles. The lowest BCUT2D eigenvalue weighted by Gasteiger charge is -2.28. The first-order chi connectivity index (χ1) is 7.74. The van der Waals surface area contributed by atoms with Crippen LogP contribution in [0.15, 0.2) is 0 Å². The van der Waals surface area contributed by atoms with Gasteiger partial charge in [-0.25, -0.2) is 4.79 Å². The van der Waals surface area contributed by atoms with E-state index in [0.29, 0.717) is 32.8 Å². The van der Waals surface area contributed by atoms with Crippen LogP contribution in [0.1, 0.15) is 20.3 Å². The molecule has 0 amide bonds. The van der Waals surface area contributed by atoms with Gasteiger partial charge in [0, 0.05) is 19.6 Å². The summed E-state index contributed by atoms with van der Waals surface area (Å²) in [7, 11) is 0. The van der Waals surface area contributed by atoms with Crippen LogP contribution in [0, 0.1) is 0 Å². The van der Waals surface area contributed by atoms with Crippen molar-refractivity contribution in [1.82, 2.24) is 0 Å². The Bertz CT molecular complexity index is 265. The molecule has 2 aliphatic heterocycles. The molecule has 16 heavy (non-hydrogen) atoms. The fraction of sp³-hybridized carbons (Fsp3) is 0.909. The highest BCUT2D eigenvalue weighted by Crippen LogP contribution is 2.46. The zero-order valence-corrected chi connectivity index (χ0v) is 9.73. The van der Waals surface area contributed by atoms with Gasteiger partial charge in [0.05, 0.1) is 13.2 Å². The zero-order chi connectivity index (χ0) is 11.6. The van der Waals surface area contributed by atoms with Crippen molar-refractivity contribution in [3.63, 3.8) is 0 Å². The van der Waals surface area contributed by atoms with Crippen LogP contribution in [0.2, 0.25) is 0 Å². The van der Waals surface area contributed by atoms with E-state index in [1.807, 2.05) is 6.92 Å². The summed E-state index contributed by atoms with van der Waals surface area (Å²) < 4.78 is 21.4. The Morgan fingerprint density at radius 2 is 2.25 bits per heavy atom.